The van der Waals surface area contributed by atoms with Gasteiger partial charge in [-0.15, -0.1) is 0 Å². The minimum Gasteiger partial charge on any atom is -0.388 e. The predicted octanol–water partition coefficient (Wildman–Crippen LogP) is 0.835. The van der Waals surface area contributed by atoms with Crippen LogP contribution in [0.4, 0.5) is 0 Å². The molecule has 1 saturated heterocycles. The highest BCUT2D eigenvalue weighted by Gasteiger charge is 2.25. The average Bonchev–Trinajstić information content (AvgIpc) is 2.87. The molecule has 2 rings (SSSR count). The van der Waals surface area contributed by atoms with Crippen molar-refractivity contribution >= 4 is 0 Å². The van der Waals surface area contributed by atoms with Crippen LogP contribution in [0.25, 0.3) is 0 Å². The lowest BCUT2D eigenvalue weighted by atomic mass is 10.1. The maximum absolute atomic E-state index is 8.83. The van der Waals surface area contributed by atoms with Crippen LogP contribution < -0.4 is 0 Å². The molecule has 1 aliphatic heterocycles. The van der Waals surface area contributed by atoms with E-state index < -0.39 is 0 Å². The summed E-state index contributed by atoms with van der Waals surface area (Å²) >= 11 is 0. The van der Waals surface area contributed by atoms with Crippen LogP contribution >= 0.6 is 0 Å². The first-order chi connectivity index (χ1) is 7.69. The molecule has 5 heteroatoms. The van der Waals surface area contributed by atoms with Crippen LogP contribution in [0.3, 0.4) is 0 Å². The number of aliphatic hydroxyl groups excluding tert-OH is 1. The summed E-state index contributed by atoms with van der Waals surface area (Å²) in [6, 6.07) is 0.612. The first kappa shape index (κ1) is 11.5. The SMILES string of the molecule is CC(C)N1CCC(Cc2nc(CO)no2)C1. The van der Waals surface area contributed by atoms with Crippen LogP contribution in [-0.4, -0.2) is 39.3 Å². The van der Waals surface area contributed by atoms with Gasteiger partial charge in [0.1, 0.15) is 6.61 Å². The van der Waals surface area contributed by atoms with Gasteiger partial charge in [0.25, 0.3) is 0 Å². The van der Waals surface area contributed by atoms with Gasteiger partial charge in [-0.2, -0.15) is 4.98 Å². The van der Waals surface area contributed by atoms with Crippen molar-refractivity contribution in [2.45, 2.75) is 39.3 Å². The molecule has 16 heavy (non-hydrogen) atoms. The quantitative estimate of drug-likeness (QED) is 0.822. The zero-order chi connectivity index (χ0) is 11.5. The third-order valence-corrected chi connectivity index (χ3v) is 3.16. The molecule has 0 radical (unpaired) electrons. The Labute approximate surface area is 95.4 Å². The molecule has 90 valence electrons. The van der Waals surface area contributed by atoms with E-state index in [1.807, 2.05) is 0 Å². The van der Waals surface area contributed by atoms with E-state index >= 15 is 0 Å². The topological polar surface area (TPSA) is 62.4 Å². The molecule has 1 aromatic heterocycles. The van der Waals surface area contributed by atoms with Gasteiger partial charge in [0.05, 0.1) is 0 Å². The maximum Gasteiger partial charge on any atom is 0.227 e. The molecule has 5 nitrogen and oxygen atoms in total. The van der Waals surface area contributed by atoms with Crippen molar-refractivity contribution in [3.63, 3.8) is 0 Å². The van der Waals surface area contributed by atoms with Crippen molar-refractivity contribution in [1.29, 1.82) is 0 Å². The minimum absolute atomic E-state index is 0.147. The largest absolute Gasteiger partial charge is 0.388 e. The van der Waals surface area contributed by atoms with E-state index in [2.05, 4.69) is 28.9 Å². The van der Waals surface area contributed by atoms with Gasteiger partial charge in [-0.1, -0.05) is 5.16 Å². The van der Waals surface area contributed by atoms with E-state index in [1.165, 1.54) is 6.42 Å². The second-order valence-corrected chi connectivity index (χ2v) is 4.71. The Morgan fingerprint density at radius 2 is 2.38 bits per heavy atom. The van der Waals surface area contributed by atoms with Crippen LogP contribution in [-0.2, 0) is 13.0 Å². The first-order valence-electron chi connectivity index (χ1n) is 5.85. The van der Waals surface area contributed by atoms with Gasteiger partial charge in [-0.25, -0.2) is 0 Å². The van der Waals surface area contributed by atoms with E-state index in [1.54, 1.807) is 0 Å². The summed E-state index contributed by atoms with van der Waals surface area (Å²) in [6.45, 7) is 6.56. The van der Waals surface area contributed by atoms with Crippen molar-refractivity contribution in [3.8, 4) is 0 Å². The van der Waals surface area contributed by atoms with Gasteiger partial charge in [-0.3, -0.25) is 0 Å². The number of aromatic nitrogens is 2. The van der Waals surface area contributed by atoms with Crippen LogP contribution in [0.2, 0.25) is 0 Å². The van der Waals surface area contributed by atoms with Gasteiger partial charge in [0.2, 0.25) is 5.89 Å². The number of likely N-dealkylation sites (tertiary alicyclic amines) is 1. The van der Waals surface area contributed by atoms with Crippen molar-refractivity contribution in [2.24, 2.45) is 5.92 Å². The Balaban J connectivity index is 1.87. The number of rotatable bonds is 4. The molecule has 1 aromatic rings. The molecule has 0 saturated carbocycles. The van der Waals surface area contributed by atoms with Gasteiger partial charge >= 0.3 is 0 Å². The predicted molar refractivity (Wildman–Crippen MR) is 58.7 cm³/mol. The van der Waals surface area contributed by atoms with Crippen molar-refractivity contribution in [3.05, 3.63) is 11.7 Å². The van der Waals surface area contributed by atoms with E-state index in [4.69, 9.17) is 9.63 Å². The van der Waals surface area contributed by atoms with Crippen molar-refractivity contribution in [1.82, 2.24) is 15.0 Å². The fourth-order valence-corrected chi connectivity index (χ4v) is 2.18. The Morgan fingerprint density at radius 3 is 2.94 bits per heavy atom. The summed E-state index contributed by atoms with van der Waals surface area (Å²) in [6.07, 6.45) is 2.02. The lowest BCUT2D eigenvalue weighted by Crippen LogP contribution is -2.28. The molecule has 1 fully saturated rings. The monoisotopic (exact) mass is 225 g/mol. The second-order valence-electron chi connectivity index (χ2n) is 4.71. The summed E-state index contributed by atoms with van der Waals surface area (Å²) in [7, 11) is 0. The first-order valence-corrected chi connectivity index (χ1v) is 5.85. The highest BCUT2D eigenvalue weighted by molar-refractivity contribution is 4.89. The van der Waals surface area contributed by atoms with Crippen LogP contribution in [0, 0.1) is 5.92 Å². The Hall–Kier alpha value is -0.940. The second kappa shape index (κ2) is 4.93. The van der Waals surface area contributed by atoms with Crippen LogP contribution in [0.1, 0.15) is 32.0 Å². The minimum atomic E-state index is -0.147. The molecule has 0 aromatic carbocycles. The highest BCUT2D eigenvalue weighted by atomic mass is 16.5. The van der Waals surface area contributed by atoms with Gasteiger partial charge in [-0.05, 0) is 32.7 Å². The standard InChI is InChI=1S/C11H19N3O2/c1-8(2)14-4-3-9(6-14)5-11-12-10(7-15)13-16-11/h8-9,15H,3-7H2,1-2H3. The molecule has 2 heterocycles. The number of hydrogen-bond acceptors (Lipinski definition) is 5. The molecular formula is C11H19N3O2. The van der Waals surface area contributed by atoms with Gasteiger partial charge < -0.3 is 14.5 Å². The zero-order valence-electron chi connectivity index (χ0n) is 9.89. The molecule has 0 bridgehead atoms. The molecule has 1 atom stereocenters. The third kappa shape index (κ3) is 2.59. The van der Waals surface area contributed by atoms with E-state index in [-0.39, 0.29) is 6.61 Å². The van der Waals surface area contributed by atoms with Crippen molar-refractivity contribution in [2.75, 3.05) is 13.1 Å². The average molecular weight is 225 g/mol. The van der Waals surface area contributed by atoms with Gasteiger partial charge in [0.15, 0.2) is 5.82 Å². The molecule has 1 aliphatic rings. The molecule has 1 unspecified atom stereocenters. The molecule has 0 aliphatic carbocycles. The molecule has 0 amide bonds. The highest BCUT2D eigenvalue weighted by Crippen LogP contribution is 2.21. The van der Waals surface area contributed by atoms with Crippen molar-refractivity contribution < 1.29 is 9.63 Å². The fourth-order valence-electron chi connectivity index (χ4n) is 2.18. The van der Waals surface area contributed by atoms with Crippen LogP contribution in [0.5, 0.6) is 0 Å². The molecule has 0 spiro atoms. The third-order valence-electron chi connectivity index (χ3n) is 3.16. The van der Waals surface area contributed by atoms with E-state index in [9.17, 15) is 0 Å². The smallest absolute Gasteiger partial charge is 0.227 e. The Bertz CT molecular complexity index is 338. The fraction of sp³-hybridized carbons (Fsp3) is 0.818. The molecular weight excluding hydrogens is 206 g/mol. The van der Waals surface area contributed by atoms with Crippen LogP contribution in [0.15, 0.2) is 4.52 Å². The maximum atomic E-state index is 8.83. The zero-order valence-corrected chi connectivity index (χ0v) is 9.89. The van der Waals surface area contributed by atoms with E-state index in [0.29, 0.717) is 23.7 Å². The number of aliphatic hydroxyl groups is 1. The summed E-state index contributed by atoms with van der Waals surface area (Å²) < 4.78 is 5.07. The summed E-state index contributed by atoms with van der Waals surface area (Å²) in [4.78, 5) is 6.58. The number of nitrogens with zero attached hydrogens (tertiary/aromatic N) is 3. The summed E-state index contributed by atoms with van der Waals surface area (Å²) in [5.74, 6) is 1.64. The number of hydrogen-bond donors (Lipinski definition) is 1. The Morgan fingerprint density at radius 1 is 1.56 bits per heavy atom. The molecule has 1 N–H and O–H groups in total. The lowest BCUT2D eigenvalue weighted by Gasteiger charge is -2.19. The lowest BCUT2D eigenvalue weighted by molar-refractivity contribution is 0.257. The van der Waals surface area contributed by atoms with Gasteiger partial charge in [0, 0.05) is 19.0 Å². The normalized spacial score (nSPS) is 22.1. The van der Waals surface area contributed by atoms with E-state index in [0.717, 1.165) is 19.5 Å². The Kier molecular flexibility index (Phi) is 3.56. The summed E-state index contributed by atoms with van der Waals surface area (Å²) in [5.41, 5.74) is 0. The summed E-state index contributed by atoms with van der Waals surface area (Å²) in [5, 5.41) is 12.5.